The first-order chi connectivity index (χ1) is 9.68. The molecule has 0 radical (unpaired) electrons. The van der Waals surface area contributed by atoms with Crippen molar-refractivity contribution in [3.8, 4) is 0 Å². The Labute approximate surface area is 120 Å². The van der Waals surface area contributed by atoms with Gasteiger partial charge in [0.2, 0.25) is 0 Å². The summed E-state index contributed by atoms with van der Waals surface area (Å²) in [4.78, 5) is 13.8. The standard InChI is InChI=1S/C16H23NO3/c1-17(16(13-18)10-6-3-7-11-16)15(19)20-12-14-8-4-2-5-9-14/h2,4-5,8-9,18H,3,6-7,10-13H2,1H3. The van der Waals surface area contributed by atoms with E-state index in [4.69, 9.17) is 4.74 Å². The van der Waals surface area contributed by atoms with Crippen LogP contribution >= 0.6 is 0 Å². The fraction of sp³-hybridized carbons (Fsp3) is 0.562. The van der Waals surface area contributed by atoms with Gasteiger partial charge in [-0.05, 0) is 18.4 Å². The number of aliphatic hydroxyl groups excluding tert-OH is 1. The van der Waals surface area contributed by atoms with E-state index in [9.17, 15) is 9.90 Å². The van der Waals surface area contributed by atoms with Crippen LogP contribution in [0.2, 0.25) is 0 Å². The van der Waals surface area contributed by atoms with Crippen LogP contribution in [0.5, 0.6) is 0 Å². The van der Waals surface area contributed by atoms with Crippen molar-refractivity contribution in [3.05, 3.63) is 35.9 Å². The molecule has 4 nitrogen and oxygen atoms in total. The first-order valence-electron chi connectivity index (χ1n) is 7.23. The second kappa shape index (κ2) is 6.75. The van der Waals surface area contributed by atoms with E-state index in [0.29, 0.717) is 0 Å². The third-order valence-corrected chi connectivity index (χ3v) is 4.27. The van der Waals surface area contributed by atoms with Crippen molar-refractivity contribution in [1.29, 1.82) is 0 Å². The molecule has 0 aliphatic heterocycles. The molecule has 0 spiro atoms. The zero-order valence-corrected chi connectivity index (χ0v) is 12.0. The Kier molecular flexibility index (Phi) is 5.01. The van der Waals surface area contributed by atoms with Gasteiger partial charge in [-0.3, -0.25) is 0 Å². The molecule has 2 rings (SSSR count). The normalized spacial score (nSPS) is 17.5. The van der Waals surface area contributed by atoms with Crippen molar-refractivity contribution in [2.24, 2.45) is 0 Å². The van der Waals surface area contributed by atoms with Gasteiger partial charge >= 0.3 is 6.09 Å². The van der Waals surface area contributed by atoms with Gasteiger partial charge in [-0.2, -0.15) is 0 Å². The molecule has 0 atom stereocenters. The van der Waals surface area contributed by atoms with E-state index in [2.05, 4.69) is 0 Å². The number of rotatable bonds is 4. The number of carbonyl (C=O) groups excluding carboxylic acids is 1. The summed E-state index contributed by atoms with van der Waals surface area (Å²) in [7, 11) is 1.73. The summed E-state index contributed by atoms with van der Waals surface area (Å²) >= 11 is 0. The number of benzene rings is 1. The number of aliphatic hydroxyl groups is 1. The van der Waals surface area contributed by atoms with E-state index >= 15 is 0 Å². The second-order valence-corrected chi connectivity index (χ2v) is 5.54. The van der Waals surface area contributed by atoms with E-state index < -0.39 is 5.54 Å². The smallest absolute Gasteiger partial charge is 0.410 e. The van der Waals surface area contributed by atoms with Gasteiger partial charge in [0.1, 0.15) is 6.61 Å². The lowest BCUT2D eigenvalue weighted by Crippen LogP contribution is -2.53. The summed E-state index contributed by atoms with van der Waals surface area (Å²) in [5, 5.41) is 9.70. The highest BCUT2D eigenvalue weighted by Crippen LogP contribution is 2.33. The van der Waals surface area contributed by atoms with Gasteiger partial charge in [-0.1, -0.05) is 49.6 Å². The molecule has 1 amide bonds. The average molecular weight is 277 g/mol. The van der Waals surface area contributed by atoms with E-state index in [0.717, 1.165) is 31.2 Å². The van der Waals surface area contributed by atoms with Gasteiger partial charge in [0.25, 0.3) is 0 Å². The Bertz CT molecular complexity index is 427. The fourth-order valence-corrected chi connectivity index (χ4v) is 2.82. The molecule has 0 unspecified atom stereocenters. The lowest BCUT2D eigenvalue weighted by molar-refractivity contribution is 0.00820. The first kappa shape index (κ1) is 14.9. The molecular formula is C16H23NO3. The average Bonchev–Trinajstić information content (AvgIpc) is 2.53. The van der Waals surface area contributed by atoms with Gasteiger partial charge in [-0.15, -0.1) is 0 Å². The summed E-state index contributed by atoms with van der Waals surface area (Å²) in [5.41, 5.74) is 0.530. The molecule has 1 aliphatic rings. The quantitative estimate of drug-likeness (QED) is 0.920. The van der Waals surface area contributed by atoms with Gasteiger partial charge in [0.05, 0.1) is 12.1 Å². The first-order valence-corrected chi connectivity index (χ1v) is 7.23. The van der Waals surface area contributed by atoms with Crippen LogP contribution in [0, 0.1) is 0 Å². The molecule has 0 bridgehead atoms. The Morgan fingerprint density at radius 3 is 2.50 bits per heavy atom. The highest BCUT2D eigenvalue weighted by atomic mass is 16.6. The van der Waals surface area contributed by atoms with Crippen molar-refractivity contribution in [2.75, 3.05) is 13.7 Å². The Balaban J connectivity index is 1.93. The molecule has 1 aromatic carbocycles. The fourth-order valence-electron chi connectivity index (χ4n) is 2.82. The number of nitrogens with zero attached hydrogens (tertiary/aromatic N) is 1. The lowest BCUT2D eigenvalue weighted by Gasteiger charge is -2.42. The second-order valence-electron chi connectivity index (χ2n) is 5.54. The molecule has 1 saturated carbocycles. The van der Waals surface area contributed by atoms with Crippen molar-refractivity contribution < 1.29 is 14.6 Å². The highest BCUT2D eigenvalue weighted by Gasteiger charge is 2.38. The number of hydrogen-bond donors (Lipinski definition) is 1. The molecule has 110 valence electrons. The topological polar surface area (TPSA) is 49.8 Å². The maximum atomic E-state index is 12.2. The summed E-state index contributed by atoms with van der Waals surface area (Å²) in [6.45, 7) is 0.273. The Morgan fingerprint density at radius 2 is 1.90 bits per heavy atom. The van der Waals surface area contributed by atoms with Gasteiger partial charge in [0, 0.05) is 7.05 Å². The Morgan fingerprint density at radius 1 is 1.25 bits per heavy atom. The van der Waals surface area contributed by atoms with Crippen LogP contribution in [-0.2, 0) is 11.3 Å². The zero-order valence-electron chi connectivity index (χ0n) is 12.0. The highest BCUT2D eigenvalue weighted by molar-refractivity contribution is 5.68. The molecule has 4 heteroatoms. The third kappa shape index (κ3) is 3.31. The van der Waals surface area contributed by atoms with Crippen molar-refractivity contribution in [3.63, 3.8) is 0 Å². The van der Waals surface area contributed by atoms with Crippen LogP contribution in [0.3, 0.4) is 0 Å². The van der Waals surface area contributed by atoms with Gasteiger partial charge in [0.15, 0.2) is 0 Å². The van der Waals surface area contributed by atoms with Crippen LogP contribution in [0.4, 0.5) is 4.79 Å². The number of hydrogen-bond acceptors (Lipinski definition) is 3. The molecule has 1 fully saturated rings. The molecule has 20 heavy (non-hydrogen) atoms. The molecular weight excluding hydrogens is 254 g/mol. The van der Waals surface area contributed by atoms with Crippen molar-refractivity contribution in [1.82, 2.24) is 4.90 Å². The van der Waals surface area contributed by atoms with Gasteiger partial charge in [-0.25, -0.2) is 4.79 Å². The predicted octanol–water partition coefficient (Wildman–Crippen LogP) is 2.95. The molecule has 0 aromatic heterocycles. The van der Waals surface area contributed by atoms with Crippen LogP contribution in [0.25, 0.3) is 0 Å². The molecule has 1 aliphatic carbocycles. The van der Waals surface area contributed by atoms with Crippen LogP contribution in [0.1, 0.15) is 37.7 Å². The predicted molar refractivity (Wildman–Crippen MR) is 77.3 cm³/mol. The SMILES string of the molecule is CN(C(=O)OCc1ccccc1)C1(CO)CCCCC1. The number of amides is 1. The van der Waals surface area contributed by atoms with Gasteiger partial charge < -0.3 is 14.7 Å². The molecule has 1 aromatic rings. The van der Waals surface area contributed by atoms with Crippen LogP contribution in [-0.4, -0.2) is 35.3 Å². The van der Waals surface area contributed by atoms with Crippen LogP contribution in [0.15, 0.2) is 30.3 Å². The summed E-state index contributed by atoms with van der Waals surface area (Å²) in [5.74, 6) is 0. The summed E-state index contributed by atoms with van der Waals surface area (Å²) < 4.78 is 5.35. The Hall–Kier alpha value is -1.55. The molecule has 0 heterocycles. The van der Waals surface area contributed by atoms with Crippen LogP contribution < -0.4 is 0 Å². The number of likely N-dealkylation sites (N-methyl/N-ethyl adjacent to an activating group) is 1. The number of ether oxygens (including phenoxy) is 1. The minimum atomic E-state index is -0.438. The minimum Gasteiger partial charge on any atom is -0.445 e. The third-order valence-electron chi connectivity index (χ3n) is 4.27. The van der Waals surface area contributed by atoms with E-state index in [1.165, 1.54) is 6.42 Å². The monoisotopic (exact) mass is 277 g/mol. The van der Waals surface area contributed by atoms with Crippen molar-refractivity contribution >= 4 is 6.09 Å². The zero-order chi connectivity index (χ0) is 14.4. The summed E-state index contributed by atoms with van der Waals surface area (Å²) in [6, 6.07) is 9.62. The lowest BCUT2D eigenvalue weighted by atomic mass is 9.81. The molecule has 0 saturated heterocycles. The number of carbonyl (C=O) groups is 1. The maximum absolute atomic E-state index is 12.2. The minimum absolute atomic E-state index is 0.00391. The van der Waals surface area contributed by atoms with Crippen molar-refractivity contribution in [2.45, 2.75) is 44.2 Å². The summed E-state index contributed by atoms with van der Waals surface area (Å²) in [6.07, 6.45) is 4.62. The van der Waals surface area contributed by atoms with E-state index in [1.54, 1.807) is 11.9 Å². The largest absolute Gasteiger partial charge is 0.445 e. The molecule has 1 N–H and O–H groups in total. The van der Waals surface area contributed by atoms with E-state index in [1.807, 2.05) is 30.3 Å². The van der Waals surface area contributed by atoms with E-state index in [-0.39, 0.29) is 19.3 Å². The maximum Gasteiger partial charge on any atom is 0.410 e.